The number of hydrogen-bond donors (Lipinski definition) is 0. The number of nitrogens with zero attached hydrogens (tertiary/aromatic N) is 3. The molecule has 32 heavy (non-hydrogen) atoms. The maximum atomic E-state index is 12.6. The van der Waals surface area contributed by atoms with E-state index in [4.69, 9.17) is 9.72 Å². The van der Waals surface area contributed by atoms with Crippen molar-refractivity contribution in [1.82, 2.24) is 14.9 Å². The van der Waals surface area contributed by atoms with Crippen LogP contribution < -0.4 is 0 Å². The summed E-state index contributed by atoms with van der Waals surface area (Å²) in [7, 11) is 0. The molecule has 1 aliphatic rings. The molecule has 0 aliphatic carbocycles. The van der Waals surface area contributed by atoms with E-state index in [1.54, 1.807) is 11.1 Å². The molecule has 2 aromatic carbocycles. The molecule has 0 saturated carbocycles. The molecule has 4 rings (SSSR count). The van der Waals surface area contributed by atoms with Crippen molar-refractivity contribution in [3.63, 3.8) is 0 Å². The maximum absolute atomic E-state index is 12.6. The lowest BCUT2D eigenvalue weighted by Gasteiger charge is -2.30. The summed E-state index contributed by atoms with van der Waals surface area (Å²) in [5, 5.41) is 0. The standard InChI is InChI=1S/C26H27N3O3/c1-26(2,3)32-25(31)29-14-13-22-21(17-29)16-27-24(28-22)20-11-9-19(10-12-20)23(30)15-18-7-5-4-6-8-18/h4-12,16H,13-15,17H2,1-3H3. The second kappa shape index (κ2) is 8.91. The van der Waals surface area contributed by atoms with Gasteiger partial charge in [-0.15, -0.1) is 0 Å². The van der Waals surface area contributed by atoms with Crippen LogP contribution in [0.4, 0.5) is 4.79 Å². The molecule has 0 bridgehead atoms. The minimum Gasteiger partial charge on any atom is -0.444 e. The molecule has 2 heterocycles. The number of hydrogen-bond acceptors (Lipinski definition) is 5. The first kappa shape index (κ1) is 21.7. The van der Waals surface area contributed by atoms with E-state index in [0.29, 0.717) is 37.3 Å². The van der Waals surface area contributed by atoms with E-state index in [9.17, 15) is 9.59 Å². The number of ether oxygens (including phenoxy) is 1. The number of aromatic nitrogens is 2. The van der Waals surface area contributed by atoms with Crippen LogP contribution in [-0.2, 0) is 24.1 Å². The summed E-state index contributed by atoms with van der Waals surface area (Å²) >= 11 is 0. The van der Waals surface area contributed by atoms with Gasteiger partial charge in [-0.05, 0) is 26.3 Å². The van der Waals surface area contributed by atoms with Crippen molar-refractivity contribution in [2.45, 2.75) is 45.8 Å². The maximum Gasteiger partial charge on any atom is 0.410 e. The SMILES string of the molecule is CC(C)(C)OC(=O)N1CCc2nc(-c3ccc(C(=O)Cc4ccccc4)cc3)ncc2C1. The molecule has 6 nitrogen and oxygen atoms in total. The van der Waals surface area contributed by atoms with Crippen LogP contribution >= 0.6 is 0 Å². The van der Waals surface area contributed by atoms with Gasteiger partial charge in [-0.3, -0.25) is 4.79 Å². The summed E-state index contributed by atoms with van der Waals surface area (Å²) in [5.74, 6) is 0.702. The summed E-state index contributed by atoms with van der Waals surface area (Å²) < 4.78 is 5.47. The third kappa shape index (κ3) is 5.19. The first-order chi connectivity index (χ1) is 15.3. The Hall–Kier alpha value is -3.54. The summed E-state index contributed by atoms with van der Waals surface area (Å²) in [6.45, 7) is 6.58. The molecule has 0 fully saturated rings. The molecule has 0 unspecified atom stereocenters. The van der Waals surface area contributed by atoms with Gasteiger partial charge >= 0.3 is 6.09 Å². The highest BCUT2D eigenvalue weighted by Gasteiger charge is 2.26. The second-order valence-corrected chi connectivity index (χ2v) is 8.98. The van der Waals surface area contributed by atoms with Crippen LogP contribution in [0.15, 0.2) is 60.8 Å². The van der Waals surface area contributed by atoms with Crippen LogP contribution in [0.25, 0.3) is 11.4 Å². The second-order valence-electron chi connectivity index (χ2n) is 8.98. The molecular weight excluding hydrogens is 402 g/mol. The Balaban J connectivity index is 1.44. The lowest BCUT2D eigenvalue weighted by molar-refractivity contribution is 0.0222. The number of amides is 1. The Bertz CT molecular complexity index is 1120. The minimum atomic E-state index is -0.521. The number of fused-ring (bicyclic) bond motifs is 1. The molecular formula is C26H27N3O3. The fraction of sp³-hybridized carbons (Fsp3) is 0.308. The molecule has 3 aromatic rings. The van der Waals surface area contributed by atoms with Crippen molar-refractivity contribution in [3.8, 4) is 11.4 Å². The topological polar surface area (TPSA) is 72.4 Å². The molecule has 1 aliphatic heterocycles. The lowest BCUT2D eigenvalue weighted by atomic mass is 10.0. The summed E-state index contributed by atoms with van der Waals surface area (Å²) in [6.07, 6.45) is 2.49. The van der Waals surface area contributed by atoms with E-state index >= 15 is 0 Å². The molecule has 164 valence electrons. The van der Waals surface area contributed by atoms with Crippen LogP contribution in [0.5, 0.6) is 0 Å². The van der Waals surface area contributed by atoms with Crippen LogP contribution in [0.3, 0.4) is 0 Å². The highest BCUT2D eigenvalue weighted by atomic mass is 16.6. The Morgan fingerprint density at radius 1 is 1.03 bits per heavy atom. The highest BCUT2D eigenvalue weighted by Crippen LogP contribution is 2.23. The van der Waals surface area contributed by atoms with Gasteiger partial charge in [-0.2, -0.15) is 0 Å². The predicted molar refractivity (Wildman–Crippen MR) is 122 cm³/mol. The largest absolute Gasteiger partial charge is 0.444 e. The van der Waals surface area contributed by atoms with Crippen LogP contribution in [-0.4, -0.2) is 38.9 Å². The minimum absolute atomic E-state index is 0.0799. The van der Waals surface area contributed by atoms with Crippen LogP contribution in [0.2, 0.25) is 0 Å². The molecule has 0 atom stereocenters. The molecule has 0 spiro atoms. The van der Waals surface area contributed by atoms with Gasteiger partial charge in [0.05, 0.1) is 12.2 Å². The zero-order chi connectivity index (χ0) is 22.7. The fourth-order valence-corrected chi connectivity index (χ4v) is 3.63. The number of carbonyl (C=O) groups excluding carboxylic acids is 2. The number of carbonyl (C=O) groups is 2. The lowest BCUT2D eigenvalue weighted by Crippen LogP contribution is -2.40. The van der Waals surface area contributed by atoms with E-state index < -0.39 is 5.60 Å². The van der Waals surface area contributed by atoms with Gasteiger partial charge in [0.2, 0.25) is 0 Å². The number of benzene rings is 2. The molecule has 1 aromatic heterocycles. The normalized spacial score (nSPS) is 13.4. The molecule has 1 amide bonds. The first-order valence-corrected chi connectivity index (χ1v) is 10.8. The number of rotatable bonds is 4. The van der Waals surface area contributed by atoms with Crippen molar-refractivity contribution >= 4 is 11.9 Å². The van der Waals surface area contributed by atoms with Crippen molar-refractivity contribution in [2.75, 3.05) is 6.54 Å². The van der Waals surface area contributed by atoms with Crippen molar-refractivity contribution in [2.24, 2.45) is 0 Å². The van der Waals surface area contributed by atoms with Crippen LogP contribution in [0.1, 0.15) is 48.0 Å². The van der Waals surface area contributed by atoms with Gasteiger partial charge < -0.3 is 9.64 Å². The smallest absolute Gasteiger partial charge is 0.410 e. The van der Waals surface area contributed by atoms with E-state index in [0.717, 1.165) is 22.4 Å². The van der Waals surface area contributed by atoms with Gasteiger partial charge in [-0.1, -0.05) is 54.6 Å². The van der Waals surface area contributed by atoms with Gasteiger partial charge in [-0.25, -0.2) is 14.8 Å². The third-order valence-corrected chi connectivity index (χ3v) is 5.26. The molecule has 6 heteroatoms. The van der Waals surface area contributed by atoms with E-state index in [1.807, 2.05) is 75.4 Å². The van der Waals surface area contributed by atoms with Crippen molar-refractivity contribution < 1.29 is 14.3 Å². The summed E-state index contributed by atoms with van der Waals surface area (Å²) in [5.41, 5.74) is 3.88. The molecule has 0 saturated heterocycles. The Morgan fingerprint density at radius 3 is 2.44 bits per heavy atom. The Kier molecular flexibility index (Phi) is 6.04. The highest BCUT2D eigenvalue weighted by molar-refractivity contribution is 5.97. The van der Waals surface area contributed by atoms with Gasteiger partial charge in [0.25, 0.3) is 0 Å². The zero-order valence-corrected chi connectivity index (χ0v) is 18.7. The van der Waals surface area contributed by atoms with E-state index in [1.165, 1.54) is 0 Å². The Morgan fingerprint density at radius 2 is 1.75 bits per heavy atom. The fourth-order valence-electron chi connectivity index (χ4n) is 3.63. The summed E-state index contributed by atoms with van der Waals surface area (Å²) in [4.78, 5) is 35.8. The zero-order valence-electron chi connectivity index (χ0n) is 18.7. The Labute approximate surface area is 188 Å². The average molecular weight is 430 g/mol. The van der Waals surface area contributed by atoms with E-state index in [2.05, 4.69) is 4.98 Å². The number of ketones is 1. The molecule has 0 N–H and O–H groups in total. The monoisotopic (exact) mass is 429 g/mol. The van der Waals surface area contributed by atoms with Crippen molar-refractivity contribution in [3.05, 3.63) is 83.2 Å². The van der Waals surface area contributed by atoms with E-state index in [-0.39, 0.29) is 11.9 Å². The van der Waals surface area contributed by atoms with Gasteiger partial charge in [0.1, 0.15) is 5.60 Å². The number of Topliss-reactive ketones (excluding diaryl/α,β-unsaturated/α-hetero) is 1. The average Bonchev–Trinajstić information content (AvgIpc) is 2.78. The predicted octanol–water partition coefficient (Wildman–Crippen LogP) is 4.86. The summed E-state index contributed by atoms with van der Waals surface area (Å²) in [6, 6.07) is 17.1. The van der Waals surface area contributed by atoms with Gasteiger partial charge in [0, 0.05) is 42.3 Å². The quantitative estimate of drug-likeness (QED) is 0.554. The first-order valence-electron chi connectivity index (χ1n) is 10.8. The molecule has 0 radical (unpaired) electrons. The third-order valence-electron chi connectivity index (χ3n) is 5.26. The van der Waals surface area contributed by atoms with Crippen LogP contribution in [0, 0.1) is 0 Å². The van der Waals surface area contributed by atoms with Gasteiger partial charge in [0.15, 0.2) is 11.6 Å². The van der Waals surface area contributed by atoms with Crippen molar-refractivity contribution in [1.29, 1.82) is 0 Å².